The maximum Gasteiger partial charge on any atom is 0.0127 e. The van der Waals surface area contributed by atoms with Crippen LogP contribution in [0.2, 0.25) is 0 Å². The topological polar surface area (TPSA) is 12.0 Å². The predicted octanol–water partition coefficient (Wildman–Crippen LogP) is 5.83. The maximum absolute atomic E-state index is 3.33. The molecular weight excluding hydrogens is 322 g/mol. The third-order valence-electron chi connectivity index (χ3n) is 4.47. The zero-order chi connectivity index (χ0) is 17.5. The summed E-state index contributed by atoms with van der Waals surface area (Å²) >= 11 is 1.81. The molecule has 25 heavy (non-hydrogen) atoms. The van der Waals surface area contributed by atoms with E-state index in [4.69, 9.17) is 0 Å². The van der Waals surface area contributed by atoms with Gasteiger partial charge in [-0.05, 0) is 54.9 Å². The van der Waals surface area contributed by atoms with E-state index in [0.29, 0.717) is 11.8 Å². The summed E-state index contributed by atoms with van der Waals surface area (Å²) < 4.78 is 0. The second-order valence-electron chi connectivity index (χ2n) is 6.41. The van der Waals surface area contributed by atoms with Crippen LogP contribution in [0.15, 0.2) is 94.7 Å². The molecule has 0 aliphatic carbocycles. The Balaban J connectivity index is 1.84. The Labute approximate surface area is 155 Å². The Kier molecular flexibility index (Phi) is 6.32. The molecule has 1 N–H and O–H groups in total. The van der Waals surface area contributed by atoms with Gasteiger partial charge in [-0.1, -0.05) is 79.3 Å². The summed E-state index contributed by atoms with van der Waals surface area (Å²) in [5.41, 5.74) is 2.76. The Morgan fingerprint density at radius 2 is 1.24 bits per heavy atom. The Morgan fingerprint density at radius 3 is 1.84 bits per heavy atom. The van der Waals surface area contributed by atoms with Crippen LogP contribution >= 0.6 is 11.8 Å². The third kappa shape index (κ3) is 4.75. The van der Waals surface area contributed by atoms with Crippen LogP contribution in [-0.4, -0.2) is 13.6 Å². The van der Waals surface area contributed by atoms with Crippen molar-refractivity contribution in [3.8, 4) is 0 Å². The van der Waals surface area contributed by atoms with E-state index in [1.165, 1.54) is 20.9 Å². The van der Waals surface area contributed by atoms with Gasteiger partial charge in [-0.3, -0.25) is 0 Å². The smallest absolute Gasteiger partial charge is 0.0127 e. The second-order valence-corrected chi connectivity index (χ2v) is 7.55. The van der Waals surface area contributed by atoms with Crippen molar-refractivity contribution in [3.63, 3.8) is 0 Å². The van der Waals surface area contributed by atoms with Gasteiger partial charge in [-0.25, -0.2) is 0 Å². The highest BCUT2D eigenvalue weighted by Crippen LogP contribution is 2.34. The molecule has 2 unspecified atom stereocenters. The maximum atomic E-state index is 3.33. The van der Waals surface area contributed by atoms with Crippen molar-refractivity contribution in [3.05, 3.63) is 96.1 Å². The molecule has 0 saturated carbocycles. The van der Waals surface area contributed by atoms with E-state index in [9.17, 15) is 0 Å². The Bertz CT molecular complexity index is 753. The average molecular weight is 348 g/mol. The van der Waals surface area contributed by atoms with Gasteiger partial charge in [0.05, 0.1) is 0 Å². The lowest BCUT2D eigenvalue weighted by molar-refractivity contribution is 0.486. The van der Waals surface area contributed by atoms with Crippen LogP contribution in [0.5, 0.6) is 0 Å². The standard InChI is InChI=1S/C23H25NS/c1-18(17-24-2)23(19-9-5-3-6-10-19)20-13-15-22(16-14-20)25-21-11-7-4-8-12-21/h3-16,18,23-24H,17H2,1-2H3. The highest BCUT2D eigenvalue weighted by Gasteiger charge is 2.20. The monoisotopic (exact) mass is 347 g/mol. The fraction of sp³-hybridized carbons (Fsp3) is 0.217. The van der Waals surface area contributed by atoms with Crippen LogP contribution < -0.4 is 5.32 Å². The quantitative estimate of drug-likeness (QED) is 0.577. The fourth-order valence-corrected chi connectivity index (χ4v) is 4.16. The minimum Gasteiger partial charge on any atom is -0.319 e. The number of nitrogens with one attached hydrogen (secondary N) is 1. The van der Waals surface area contributed by atoms with Gasteiger partial charge in [0.2, 0.25) is 0 Å². The van der Waals surface area contributed by atoms with Gasteiger partial charge in [-0.15, -0.1) is 0 Å². The molecule has 3 aromatic carbocycles. The molecule has 0 saturated heterocycles. The van der Waals surface area contributed by atoms with E-state index in [-0.39, 0.29) is 0 Å². The van der Waals surface area contributed by atoms with E-state index < -0.39 is 0 Å². The first-order valence-electron chi connectivity index (χ1n) is 8.80. The molecule has 2 atom stereocenters. The molecule has 0 aliphatic rings. The normalized spacial score (nSPS) is 13.4. The highest BCUT2D eigenvalue weighted by atomic mass is 32.2. The predicted molar refractivity (Wildman–Crippen MR) is 108 cm³/mol. The molecule has 2 heteroatoms. The molecule has 0 bridgehead atoms. The average Bonchev–Trinajstić information content (AvgIpc) is 2.65. The molecule has 3 rings (SSSR count). The highest BCUT2D eigenvalue weighted by molar-refractivity contribution is 7.99. The van der Waals surface area contributed by atoms with Crippen molar-refractivity contribution in [2.45, 2.75) is 22.6 Å². The molecule has 0 amide bonds. The molecule has 3 aromatic rings. The summed E-state index contributed by atoms with van der Waals surface area (Å²) in [4.78, 5) is 2.56. The summed E-state index contributed by atoms with van der Waals surface area (Å²) in [6.07, 6.45) is 0. The Morgan fingerprint density at radius 1 is 0.720 bits per heavy atom. The molecule has 0 aliphatic heterocycles. The minimum absolute atomic E-state index is 0.407. The molecule has 0 aromatic heterocycles. The number of benzene rings is 3. The van der Waals surface area contributed by atoms with Gasteiger partial charge in [0.15, 0.2) is 0 Å². The lowest BCUT2D eigenvalue weighted by atomic mass is 9.81. The van der Waals surface area contributed by atoms with Crippen LogP contribution in [0.4, 0.5) is 0 Å². The summed E-state index contributed by atoms with van der Waals surface area (Å²) in [7, 11) is 2.03. The van der Waals surface area contributed by atoms with Crippen LogP contribution in [0.1, 0.15) is 24.0 Å². The molecule has 0 fully saturated rings. The first-order valence-corrected chi connectivity index (χ1v) is 9.62. The zero-order valence-corrected chi connectivity index (χ0v) is 15.7. The van der Waals surface area contributed by atoms with Crippen molar-refractivity contribution < 1.29 is 0 Å². The Hall–Kier alpha value is -2.03. The van der Waals surface area contributed by atoms with Crippen molar-refractivity contribution in [1.29, 1.82) is 0 Å². The lowest BCUT2D eigenvalue weighted by Crippen LogP contribution is -2.23. The van der Waals surface area contributed by atoms with E-state index in [1.807, 2.05) is 18.8 Å². The zero-order valence-electron chi connectivity index (χ0n) is 14.9. The summed E-state index contributed by atoms with van der Waals surface area (Å²) in [6, 6.07) is 30.4. The number of hydrogen-bond acceptors (Lipinski definition) is 2. The number of rotatable bonds is 7. The van der Waals surface area contributed by atoms with Crippen molar-refractivity contribution in [2.24, 2.45) is 5.92 Å². The molecule has 0 spiro atoms. The lowest BCUT2D eigenvalue weighted by Gasteiger charge is -2.25. The minimum atomic E-state index is 0.407. The van der Waals surface area contributed by atoms with E-state index >= 15 is 0 Å². The van der Waals surface area contributed by atoms with Crippen LogP contribution in [0.3, 0.4) is 0 Å². The SMILES string of the molecule is CNCC(C)C(c1ccccc1)c1ccc(Sc2ccccc2)cc1. The van der Waals surface area contributed by atoms with Gasteiger partial charge < -0.3 is 5.32 Å². The second kappa shape index (κ2) is 8.89. The molecule has 0 heterocycles. The number of hydrogen-bond donors (Lipinski definition) is 1. The first kappa shape index (κ1) is 17.8. The van der Waals surface area contributed by atoms with Gasteiger partial charge in [0, 0.05) is 15.7 Å². The fourth-order valence-electron chi connectivity index (χ4n) is 3.32. The molecule has 0 radical (unpaired) electrons. The first-order chi connectivity index (χ1) is 12.3. The third-order valence-corrected chi connectivity index (χ3v) is 5.49. The van der Waals surface area contributed by atoms with Gasteiger partial charge in [0.1, 0.15) is 0 Å². The summed E-state index contributed by atoms with van der Waals surface area (Å²) in [5, 5.41) is 3.33. The van der Waals surface area contributed by atoms with Crippen molar-refractivity contribution in [1.82, 2.24) is 5.32 Å². The van der Waals surface area contributed by atoms with Crippen molar-refractivity contribution >= 4 is 11.8 Å². The van der Waals surface area contributed by atoms with E-state index in [0.717, 1.165) is 6.54 Å². The molecule has 128 valence electrons. The van der Waals surface area contributed by atoms with Gasteiger partial charge >= 0.3 is 0 Å². The largest absolute Gasteiger partial charge is 0.319 e. The van der Waals surface area contributed by atoms with Crippen LogP contribution in [0, 0.1) is 5.92 Å². The summed E-state index contributed by atoms with van der Waals surface area (Å²) in [6.45, 7) is 3.32. The molecular formula is C23H25NS. The van der Waals surface area contributed by atoms with Gasteiger partial charge in [0.25, 0.3) is 0 Å². The summed E-state index contributed by atoms with van der Waals surface area (Å²) in [5.74, 6) is 0.935. The van der Waals surface area contributed by atoms with Gasteiger partial charge in [-0.2, -0.15) is 0 Å². The molecule has 1 nitrogen and oxygen atoms in total. The van der Waals surface area contributed by atoms with Crippen LogP contribution in [0.25, 0.3) is 0 Å². The van der Waals surface area contributed by atoms with Crippen LogP contribution in [-0.2, 0) is 0 Å². The van der Waals surface area contributed by atoms with E-state index in [2.05, 4.69) is 97.2 Å². The van der Waals surface area contributed by atoms with Crippen molar-refractivity contribution in [2.75, 3.05) is 13.6 Å². The van der Waals surface area contributed by atoms with E-state index in [1.54, 1.807) is 0 Å².